The summed E-state index contributed by atoms with van der Waals surface area (Å²) in [4.78, 5) is 35.8. The van der Waals surface area contributed by atoms with E-state index in [2.05, 4.69) is 15.3 Å². The molecule has 1 amide bonds. The highest BCUT2D eigenvalue weighted by molar-refractivity contribution is 7.19. The number of nitrogens with one attached hydrogen (secondary N) is 1. The second-order valence-corrected chi connectivity index (χ2v) is 8.42. The Hall–Kier alpha value is -2.78. The van der Waals surface area contributed by atoms with Gasteiger partial charge in [-0.2, -0.15) is 4.98 Å². The summed E-state index contributed by atoms with van der Waals surface area (Å²) in [6.07, 6.45) is 5.76. The first kappa shape index (κ1) is 18.3. The molecule has 0 atom stereocenters. The van der Waals surface area contributed by atoms with Crippen molar-refractivity contribution in [3.63, 3.8) is 0 Å². The number of amides is 1. The molecule has 1 aliphatic carbocycles. The topological polar surface area (TPSA) is 81.3 Å². The Balaban J connectivity index is 1.51. The summed E-state index contributed by atoms with van der Waals surface area (Å²) in [5, 5.41) is 3.43. The van der Waals surface area contributed by atoms with Crippen molar-refractivity contribution >= 4 is 50.4 Å². The Morgan fingerprint density at radius 1 is 1.31 bits per heavy atom. The molecule has 1 aliphatic rings. The van der Waals surface area contributed by atoms with Gasteiger partial charge in [0.25, 0.3) is 0 Å². The second-order valence-electron chi connectivity index (χ2n) is 6.93. The zero-order valence-corrected chi connectivity index (χ0v) is 16.7. The van der Waals surface area contributed by atoms with Crippen LogP contribution in [0.15, 0.2) is 29.3 Å². The van der Waals surface area contributed by atoms with Gasteiger partial charge in [-0.05, 0) is 49.4 Å². The number of halogens is 2. The van der Waals surface area contributed by atoms with Crippen molar-refractivity contribution in [2.45, 2.75) is 32.2 Å². The molecule has 29 heavy (non-hydrogen) atoms. The summed E-state index contributed by atoms with van der Waals surface area (Å²) in [7, 11) is 0. The van der Waals surface area contributed by atoms with Crippen LogP contribution in [0.25, 0.3) is 15.9 Å². The molecular formula is C19H15ClFN5O2S. The van der Waals surface area contributed by atoms with Gasteiger partial charge in [0.1, 0.15) is 23.5 Å². The Morgan fingerprint density at radius 3 is 2.97 bits per heavy atom. The van der Waals surface area contributed by atoms with E-state index in [4.69, 9.17) is 11.6 Å². The van der Waals surface area contributed by atoms with Gasteiger partial charge in [-0.3, -0.25) is 4.79 Å². The minimum Gasteiger partial charge on any atom is -0.324 e. The van der Waals surface area contributed by atoms with Crippen molar-refractivity contribution in [3.8, 4) is 0 Å². The zero-order chi connectivity index (χ0) is 20.1. The van der Waals surface area contributed by atoms with Gasteiger partial charge >= 0.3 is 5.69 Å². The minimum atomic E-state index is -0.572. The van der Waals surface area contributed by atoms with Gasteiger partial charge < -0.3 is 5.32 Å². The summed E-state index contributed by atoms with van der Waals surface area (Å²) < 4.78 is 16.0. The number of benzene rings is 1. The van der Waals surface area contributed by atoms with Crippen molar-refractivity contribution in [1.29, 1.82) is 0 Å². The number of hydrogen-bond acceptors (Lipinski definition) is 5. The zero-order valence-electron chi connectivity index (χ0n) is 15.1. The highest BCUT2D eigenvalue weighted by Gasteiger charge is 2.22. The average molecular weight is 432 g/mol. The third kappa shape index (κ3) is 3.10. The van der Waals surface area contributed by atoms with Crippen LogP contribution in [0.2, 0.25) is 5.02 Å². The molecule has 1 N–H and O–H groups in total. The molecule has 0 saturated carbocycles. The molecule has 0 saturated heterocycles. The van der Waals surface area contributed by atoms with E-state index in [1.807, 2.05) is 0 Å². The molecule has 0 spiro atoms. The standard InChI is InChI=1S/C19H15ClFN5O2S/c20-12-7-10(5-6-13(12)21)23-15(27)8-25-19(28)24-17-16-11-3-1-2-4-14(11)29-18(16)22-9-26(17)25/h5-7,9H,1-4,8H2,(H,23,27). The number of aryl methyl sites for hydroxylation is 2. The summed E-state index contributed by atoms with van der Waals surface area (Å²) in [6.45, 7) is -0.255. The van der Waals surface area contributed by atoms with Gasteiger partial charge in [0.05, 0.1) is 10.4 Å². The van der Waals surface area contributed by atoms with Crippen LogP contribution in [0.1, 0.15) is 23.3 Å². The molecule has 3 aromatic heterocycles. The molecule has 3 heterocycles. The van der Waals surface area contributed by atoms with E-state index < -0.39 is 17.4 Å². The predicted octanol–water partition coefficient (Wildman–Crippen LogP) is 3.42. The smallest absolute Gasteiger partial charge is 0.324 e. The highest BCUT2D eigenvalue weighted by Crippen LogP contribution is 2.36. The van der Waals surface area contributed by atoms with Crippen LogP contribution in [-0.4, -0.2) is 25.1 Å². The molecule has 4 aromatic rings. The van der Waals surface area contributed by atoms with Crippen LogP contribution in [0.3, 0.4) is 0 Å². The first-order chi connectivity index (χ1) is 14.0. The number of carbonyl (C=O) groups is 1. The molecule has 1 aromatic carbocycles. The Kier molecular flexibility index (Phi) is 4.36. The predicted molar refractivity (Wildman–Crippen MR) is 109 cm³/mol. The van der Waals surface area contributed by atoms with Gasteiger partial charge in [0, 0.05) is 10.6 Å². The molecule has 10 heteroatoms. The van der Waals surface area contributed by atoms with Gasteiger partial charge in [-0.25, -0.2) is 23.4 Å². The van der Waals surface area contributed by atoms with Crippen molar-refractivity contribution in [2.75, 3.05) is 5.32 Å². The van der Waals surface area contributed by atoms with Crippen LogP contribution in [0.4, 0.5) is 10.1 Å². The molecule has 7 nitrogen and oxygen atoms in total. The maximum absolute atomic E-state index is 13.3. The monoisotopic (exact) mass is 431 g/mol. The summed E-state index contributed by atoms with van der Waals surface area (Å²) in [6, 6.07) is 3.88. The van der Waals surface area contributed by atoms with E-state index in [1.165, 1.54) is 44.2 Å². The summed E-state index contributed by atoms with van der Waals surface area (Å²) in [5.41, 5.74) is 1.56. The molecule has 0 aliphatic heterocycles. The average Bonchev–Trinajstić information content (AvgIpc) is 3.22. The van der Waals surface area contributed by atoms with Crippen molar-refractivity contribution in [1.82, 2.24) is 19.2 Å². The molecule has 0 bridgehead atoms. The summed E-state index contributed by atoms with van der Waals surface area (Å²) in [5.74, 6) is -1.03. The van der Waals surface area contributed by atoms with Gasteiger partial charge in [-0.15, -0.1) is 11.3 Å². The van der Waals surface area contributed by atoms with Crippen LogP contribution in [0, 0.1) is 5.82 Å². The second kappa shape index (κ2) is 6.93. The number of hydrogen-bond donors (Lipinski definition) is 1. The molecule has 0 radical (unpaired) electrons. The maximum Gasteiger partial charge on any atom is 0.365 e. The van der Waals surface area contributed by atoms with E-state index in [-0.39, 0.29) is 11.6 Å². The van der Waals surface area contributed by atoms with Crippen molar-refractivity contribution in [2.24, 2.45) is 0 Å². The van der Waals surface area contributed by atoms with E-state index in [0.29, 0.717) is 11.3 Å². The number of rotatable bonds is 3. The fourth-order valence-electron chi connectivity index (χ4n) is 3.73. The lowest BCUT2D eigenvalue weighted by molar-refractivity contribution is -0.117. The van der Waals surface area contributed by atoms with Crippen LogP contribution >= 0.6 is 22.9 Å². The fourth-order valence-corrected chi connectivity index (χ4v) is 5.13. The van der Waals surface area contributed by atoms with Crippen molar-refractivity contribution < 1.29 is 9.18 Å². The number of aromatic nitrogens is 4. The normalized spacial score (nSPS) is 13.7. The maximum atomic E-state index is 13.3. The van der Waals surface area contributed by atoms with Crippen LogP contribution in [0.5, 0.6) is 0 Å². The third-order valence-corrected chi connectivity index (χ3v) is 6.55. The van der Waals surface area contributed by atoms with Crippen LogP contribution in [-0.2, 0) is 24.2 Å². The fraction of sp³-hybridized carbons (Fsp3) is 0.263. The molecule has 5 rings (SSSR count). The molecular weight excluding hydrogens is 417 g/mol. The number of carbonyl (C=O) groups excluding carboxylic acids is 1. The lowest BCUT2D eigenvalue weighted by Crippen LogP contribution is -2.28. The SMILES string of the molecule is O=C(Cn1c(=O)nc2c3c4c(sc3ncn21)CCCC4)Nc1ccc(F)c(Cl)c1. The summed E-state index contributed by atoms with van der Waals surface area (Å²) >= 11 is 7.39. The number of thiophene rings is 1. The first-order valence-corrected chi connectivity index (χ1v) is 10.3. The van der Waals surface area contributed by atoms with E-state index in [1.54, 1.807) is 11.3 Å². The number of fused-ring (bicyclic) bond motifs is 5. The highest BCUT2D eigenvalue weighted by atomic mass is 35.5. The Morgan fingerprint density at radius 2 is 2.14 bits per heavy atom. The van der Waals surface area contributed by atoms with Crippen LogP contribution < -0.4 is 11.0 Å². The van der Waals surface area contributed by atoms with Crippen molar-refractivity contribution in [3.05, 3.63) is 56.3 Å². The lowest BCUT2D eigenvalue weighted by Gasteiger charge is -2.10. The Bertz CT molecular complexity index is 1340. The van der Waals surface area contributed by atoms with Gasteiger partial charge in [0.15, 0.2) is 5.65 Å². The largest absolute Gasteiger partial charge is 0.365 e. The number of anilines is 1. The quantitative estimate of drug-likeness (QED) is 0.539. The van der Waals surface area contributed by atoms with E-state index >= 15 is 0 Å². The van der Waals surface area contributed by atoms with Gasteiger partial charge in [-0.1, -0.05) is 11.6 Å². The Labute approximate surface area is 172 Å². The molecule has 0 unspecified atom stereocenters. The van der Waals surface area contributed by atoms with E-state index in [9.17, 15) is 14.0 Å². The molecule has 148 valence electrons. The van der Waals surface area contributed by atoms with E-state index in [0.717, 1.165) is 35.9 Å². The lowest BCUT2D eigenvalue weighted by atomic mass is 9.97. The molecule has 0 fully saturated rings. The first-order valence-electron chi connectivity index (χ1n) is 9.14. The third-order valence-electron chi connectivity index (χ3n) is 5.06. The van der Waals surface area contributed by atoms with Gasteiger partial charge in [0.2, 0.25) is 5.91 Å². The minimum absolute atomic E-state index is 0.0939. The number of nitrogens with zero attached hydrogens (tertiary/aromatic N) is 4.